The molecule has 4 rings (SSSR count). The molecule has 0 aliphatic carbocycles. The number of nitrogens with one attached hydrogen (secondary N) is 2. The number of nitrogens with zero attached hydrogens (tertiary/aromatic N) is 3. The summed E-state index contributed by atoms with van der Waals surface area (Å²) in [7, 11) is 0. The zero-order valence-electron chi connectivity index (χ0n) is 18.4. The number of alkyl halides is 3. The molecule has 5 nitrogen and oxygen atoms in total. The number of halogens is 3. The molecule has 0 aliphatic heterocycles. The molecule has 170 valence electrons. The second-order valence-corrected chi connectivity index (χ2v) is 7.73. The van der Waals surface area contributed by atoms with Crippen LogP contribution in [-0.2, 0) is 6.18 Å². The number of benzene rings is 3. The van der Waals surface area contributed by atoms with Crippen LogP contribution in [0, 0.1) is 25.2 Å². The van der Waals surface area contributed by atoms with Crippen molar-refractivity contribution in [3.05, 3.63) is 95.2 Å². The van der Waals surface area contributed by atoms with Crippen LogP contribution in [-0.4, -0.2) is 9.97 Å². The van der Waals surface area contributed by atoms with Gasteiger partial charge in [0.05, 0.1) is 17.2 Å². The second kappa shape index (κ2) is 9.24. The van der Waals surface area contributed by atoms with E-state index in [9.17, 15) is 13.2 Å². The summed E-state index contributed by atoms with van der Waals surface area (Å²) < 4.78 is 40.5. The lowest BCUT2D eigenvalue weighted by Crippen LogP contribution is -2.07. The summed E-state index contributed by atoms with van der Waals surface area (Å²) in [6, 6.07) is 19.7. The van der Waals surface area contributed by atoms with Gasteiger partial charge in [0.15, 0.2) is 0 Å². The van der Waals surface area contributed by atoms with Crippen LogP contribution in [0.5, 0.6) is 0 Å². The zero-order valence-corrected chi connectivity index (χ0v) is 18.4. The summed E-state index contributed by atoms with van der Waals surface area (Å²) in [5.41, 5.74) is 3.59. The van der Waals surface area contributed by atoms with Crippen LogP contribution in [0.3, 0.4) is 0 Å². The van der Waals surface area contributed by atoms with Gasteiger partial charge in [-0.25, -0.2) is 4.98 Å². The van der Waals surface area contributed by atoms with Crippen molar-refractivity contribution in [3.8, 4) is 17.2 Å². The van der Waals surface area contributed by atoms with Crippen LogP contribution in [0.25, 0.3) is 11.1 Å². The highest BCUT2D eigenvalue weighted by Crippen LogP contribution is 2.39. The van der Waals surface area contributed by atoms with Crippen LogP contribution in [0.2, 0.25) is 0 Å². The molecule has 1 aromatic heterocycles. The molecular weight excluding hydrogens is 439 g/mol. The predicted molar refractivity (Wildman–Crippen MR) is 126 cm³/mol. The Hall–Kier alpha value is -4.38. The maximum atomic E-state index is 13.5. The molecule has 0 saturated carbocycles. The number of rotatable bonds is 5. The maximum absolute atomic E-state index is 13.5. The SMILES string of the molecule is Cc1cc(-c2ccccc2C(F)(F)F)cc(C)c1Nc1ccnc(Nc2ccc(C#N)cc2)n1. The topological polar surface area (TPSA) is 73.6 Å². The first-order valence-corrected chi connectivity index (χ1v) is 10.4. The van der Waals surface area contributed by atoms with Crippen molar-refractivity contribution in [2.24, 2.45) is 0 Å². The molecule has 2 N–H and O–H groups in total. The molecule has 34 heavy (non-hydrogen) atoms. The van der Waals surface area contributed by atoms with Crippen LogP contribution < -0.4 is 10.6 Å². The van der Waals surface area contributed by atoms with Gasteiger partial charge in [-0.1, -0.05) is 18.2 Å². The van der Waals surface area contributed by atoms with E-state index in [0.29, 0.717) is 22.9 Å². The summed E-state index contributed by atoms with van der Waals surface area (Å²) in [6.07, 6.45) is -2.84. The smallest absolute Gasteiger partial charge is 0.340 e. The monoisotopic (exact) mass is 459 g/mol. The van der Waals surface area contributed by atoms with Crippen LogP contribution in [0.15, 0.2) is 72.9 Å². The van der Waals surface area contributed by atoms with Crippen molar-refractivity contribution in [1.29, 1.82) is 5.26 Å². The summed E-state index contributed by atoms with van der Waals surface area (Å²) in [6.45, 7) is 3.68. The molecule has 0 unspecified atom stereocenters. The quantitative estimate of drug-likeness (QED) is 0.332. The average Bonchev–Trinajstić information content (AvgIpc) is 2.81. The lowest BCUT2D eigenvalue weighted by molar-refractivity contribution is -0.137. The van der Waals surface area contributed by atoms with Crippen LogP contribution in [0.1, 0.15) is 22.3 Å². The Morgan fingerprint density at radius 3 is 2.21 bits per heavy atom. The largest absolute Gasteiger partial charge is 0.417 e. The molecule has 0 bridgehead atoms. The summed E-state index contributed by atoms with van der Waals surface area (Å²) in [5, 5.41) is 15.3. The predicted octanol–water partition coefficient (Wildman–Crippen LogP) is 7.14. The van der Waals surface area contributed by atoms with Gasteiger partial charge in [0, 0.05) is 17.6 Å². The Morgan fingerprint density at radius 1 is 0.882 bits per heavy atom. The summed E-state index contributed by atoms with van der Waals surface area (Å²) in [4.78, 5) is 8.68. The number of hydrogen-bond donors (Lipinski definition) is 2. The molecule has 0 atom stereocenters. The molecule has 3 aromatic carbocycles. The average molecular weight is 459 g/mol. The van der Waals surface area contributed by atoms with Crippen molar-refractivity contribution in [1.82, 2.24) is 9.97 Å². The molecule has 0 aliphatic rings. The fourth-order valence-corrected chi connectivity index (χ4v) is 3.67. The van der Waals surface area contributed by atoms with E-state index in [1.54, 1.807) is 54.7 Å². The van der Waals surface area contributed by atoms with Gasteiger partial charge in [-0.15, -0.1) is 0 Å². The minimum Gasteiger partial charge on any atom is -0.340 e. The van der Waals surface area contributed by atoms with E-state index in [4.69, 9.17) is 5.26 Å². The molecule has 0 radical (unpaired) electrons. The number of anilines is 4. The fourth-order valence-electron chi connectivity index (χ4n) is 3.67. The van der Waals surface area contributed by atoms with Crippen molar-refractivity contribution in [2.45, 2.75) is 20.0 Å². The number of aryl methyl sites for hydroxylation is 2. The third-order valence-corrected chi connectivity index (χ3v) is 5.25. The van der Waals surface area contributed by atoms with E-state index in [2.05, 4.69) is 26.7 Å². The molecule has 0 saturated heterocycles. The highest BCUT2D eigenvalue weighted by molar-refractivity contribution is 5.75. The van der Waals surface area contributed by atoms with Crippen LogP contribution in [0.4, 0.5) is 36.3 Å². The van der Waals surface area contributed by atoms with E-state index in [1.165, 1.54) is 12.1 Å². The lowest BCUT2D eigenvalue weighted by Gasteiger charge is -2.17. The fraction of sp³-hybridized carbons (Fsp3) is 0.115. The Kier molecular flexibility index (Phi) is 6.19. The van der Waals surface area contributed by atoms with Crippen molar-refractivity contribution in [2.75, 3.05) is 10.6 Å². The number of hydrogen-bond acceptors (Lipinski definition) is 5. The Labute approximate surface area is 194 Å². The first kappa shape index (κ1) is 22.8. The van der Waals surface area contributed by atoms with Crippen molar-refractivity contribution < 1.29 is 13.2 Å². The van der Waals surface area contributed by atoms with Gasteiger partial charge in [-0.3, -0.25) is 0 Å². The molecule has 4 aromatic rings. The van der Waals surface area contributed by atoms with E-state index in [1.807, 2.05) is 13.8 Å². The molecule has 8 heteroatoms. The van der Waals surface area contributed by atoms with Gasteiger partial charge in [-0.05, 0) is 84.6 Å². The third kappa shape index (κ3) is 4.99. The molecule has 1 heterocycles. The van der Waals surface area contributed by atoms with Crippen molar-refractivity contribution >= 4 is 23.1 Å². The zero-order chi connectivity index (χ0) is 24.3. The Bertz CT molecular complexity index is 1350. The van der Waals surface area contributed by atoms with Gasteiger partial charge in [0.2, 0.25) is 5.95 Å². The van der Waals surface area contributed by atoms with E-state index < -0.39 is 11.7 Å². The highest BCUT2D eigenvalue weighted by atomic mass is 19.4. The summed E-state index contributed by atoms with van der Waals surface area (Å²) >= 11 is 0. The van der Waals surface area contributed by atoms with Crippen LogP contribution >= 0.6 is 0 Å². The normalized spacial score (nSPS) is 11.1. The van der Waals surface area contributed by atoms with E-state index in [-0.39, 0.29) is 5.56 Å². The second-order valence-electron chi connectivity index (χ2n) is 7.73. The standard InChI is InChI=1S/C26H20F3N5/c1-16-13-19(21-5-3-4-6-22(21)26(27,28)29)14-17(2)24(16)33-23-11-12-31-25(34-23)32-20-9-7-18(15-30)8-10-20/h3-14H,1-2H3,(H2,31,32,33,34). The van der Waals surface area contributed by atoms with Crippen molar-refractivity contribution in [3.63, 3.8) is 0 Å². The van der Waals surface area contributed by atoms with Gasteiger partial charge >= 0.3 is 6.18 Å². The van der Waals surface area contributed by atoms with Gasteiger partial charge in [-0.2, -0.15) is 23.4 Å². The van der Waals surface area contributed by atoms with E-state index >= 15 is 0 Å². The first-order chi connectivity index (χ1) is 16.2. The van der Waals surface area contributed by atoms with Gasteiger partial charge < -0.3 is 10.6 Å². The minimum atomic E-state index is -4.44. The number of aromatic nitrogens is 2. The number of nitriles is 1. The van der Waals surface area contributed by atoms with Gasteiger partial charge in [0.1, 0.15) is 5.82 Å². The lowest BCUT2D eigenvalue weighted by atomic mass is 9.95. The first-order valence-electron chi connectivity index (χ1n) is 10.4. The Balaban J connectivity index is 1.60. The van der Waals surface area contributed by atoms with Gasteiger partial charge in [0.25, 0.3) is 0 Å². The minimum absolute atomic E-state index is 0.142. The highest BCUT2D eigenvalue weighted by Gasteiger charge is 2.33. The molecule has 0 fully saturated rings. The van der Waals surface area contributed by atoms with E-state index in [0.717, 1.165) is 28.6 Å². The molecular formula is C26H20F3N5. The molecule has 0 spiro atoms. The summed E-state index contributed by atoms with van der Waals surface area (Å²) in [5.74, 6) is 0.890. The molecule has 0 amide bonds. The third-order valence-electron chi connectivity index (χ3n) is 5.25. The Morgan fingerprint density at radius 2 is 1.56 bits per heavy atom. The maximum Gasteiger partial charge on any atom is 0.417 e.